The highest BCUT2D eigenvalue weighted by molar-refractivity contribution is 7.15. The van der Waals surface area contributed by atoms with Gasteiger partial charge in [0.15, 0.2) is 5.13 Å². The van der Waals surface area contributed by atoms with Crippen molar-refractivity contribution < 1.29 is 9.53 Å². The summed E-state index contributed by atoms with van der Waals surface area (Å²) in [4.78, 5) is 17.9. The average Bonchev–Trinajstić information content (AvgIpc) is 2.69. The van der Waals surface area contributed by atoms with Crippen molar-refractivity contribution >= 4 is 34.8 Å². The molecule has 0 spiro atoms. The number of hydrogen-bond acceptors (Lipinski definition) is 5. The lowest BCUT2D eigenvalue weighted by Gasteiger charge is -2.22. The molecule has 5 nitrogen and oxygen atoms in total. The monoisotopic (exact) mass is 317 g/mol. The SMILES string of the molecule is Cl.O=C(Nc1nc2c(s1)CCCCC2)C1CNCCO1. The van der Waals surface area contributed by atoms with E-state index in [0.29, 0.717) is 13.2 Å². The summed E-state index contributed by atoms with van der Waals surface area (Å²) in [5.74, 6) is -0.0869. The number of hydrogen-bond donors (Lipinski definition) is 2. The summed E-state index contributed by atoms with van der Waals surface area (Å²) < 4.78 is 5.44. The highest BCUT2D eigenvalue weighted by atomic mass is 35.5. The second-order valence-corrected chi connectivity index (χ2v) is 6.09. The number of halogens is 1. The van der Waals surface area contributed by atoms with Crippen molar-refractivity contribution in [2.24, 2.45) is 0 Å². The van der Waals surface area contributed by atoms with Crippen LogP contribution in [0.2, 0.25) is 0 Å². The molecular weight excluding hydrogens is 298 g/mol. The van der Waals surface area contributed by atoms with Crippen molar-refractivity contribution in [3.05, 3.63) is 10.6 Å². The fourth-order valence-corrected chi connectivity index (χ4v) is 3.55. The number of aromatic nitrogens is 1. The van der Waals surface area contributed by atoms with E-state index in [4.69, 9.17) is 4.74 Å². The molecule has 20 heavy (non-hydrogen) atoms. The third kappa shape index (κ3) is 3.69. The van der Waals surface area contributed by atoms with Gasteiger partial charge in [0.1, 0.15) is 6.10 Å². The number of carbonyl (C=O) groups is 1. The van der Waals surface area contributed by atoms with Gasteiger partial charge in [-0.15, -0.1) is 23.7 Å². The van der Waals surface area contributed by atoms with Crippen molar-refractivity contribution in [3.63, 3.8) is 0 Å². The fraction of sp³-hybridized carbons (Fsp3) is 0.692. The Morgan fingerprint density at radius 2 is 2.20 bits per heavy atom. The molecule has 1 aliphatic heterocycles. The van der Waals surface area contributed by atoms with Crippen LogP contribution in [0.3, 0.4) is 0 Å². The molecule has 1 atom stereocenters. The van der Waals surface area contributed by atoms with Crippen LogP contribution in [0.4, 0.5) is 5.13 Å². The van der Waals surface area contributed by atoms with Crippen molar-refractivity contribution in [3.8, 4) is 0 Å². The Labute approximate surface area is 128 Å². The van der Waals surface area contributed by atoms with E-state index in [-0.39, 0.29) is 18.3 Å². The molecule has 1 aromatic rings. The minimum Gasteiger partial charge on any atom is -0.366 e. The molecule has 1 aliphatic carbocycles. The molecule has 0 aromatic carbocycles. The van der Waals surface area contributed by atoms with Crippen LogP contribution in [0.15, 0.2) is 0 Å². The van der Waals surface area contributed by atoms with Gasteiger partial charge >= 0.3 is 0 Å². The van der Waals surface area contributed by atoms with E-state index in [1.54, 1.807) is 11.3 Å². The van der Waals surface area contributed by atoms with Gasteiger partial charge in [0.2, 0.25) is 0 Å². The number of carbonyl (C=O) groups excluding carboxylic acids is 1. The molecule has 1 saturated heterocycles. The number of nitrogens with one attached hydrogen (secondary N) is 2. The molecule has 0 radical (unpaired) electrons. The van der Waals surface area contributed by atoms with Gasteiger partial charge in [-0.1, -0.05) is 6.42 Å². The second-order valence-electron chi connectivity index (χ2n) is 5.00. The molecule has 0 bridgehead atoms. The number of aryl methyl sites for hydroxylation is 2. The molecule has 1 amide bonds. The van der Waals surface area contributed by atoms with Crippen LogP contribution in [-0.4, -0.2) is 36.7 Å². The quantitative estimate of drug-likeness (QED) is 0.816. The summed E-state index contributed by atoms with van der Waals surface area (Å²) in [5, 5.41) is 6.78. The molecule has 1 aromatic heterocycles. The largest absolute Gasteiger partial charge is 0.366 e. The molecule has 1 fully saturated rings. The lowest BCUT2D eigenvalue weighted by molar-refractivity contribution is -0.128. The number of fused-ring (bicyclic) bond motifs is 1. The van der Waals surface area contributed by atoms with Gasteiger partial charge < -0.3 is 10.1 Å². The van der Waals surface area contributed by atoms with E-state index in [1.807, 2.05) is 0 Å². The van der Waals surface area contributed by atoms with Gasteiger partial charge in [-0.05, 0) is 25.7 Å². The van der Waals surface area contributed by atoms with Crippen LogP contribution in [0.1, 0.15) is 29.8 Å². The standard InChI is InChI=1S/C13H19N3O2S.ClH/c17-12(10-8-14-6-7-18-10)16-13-15-9-4-2-1-3-5-11(9)19-13;/h10,14H,1-8H2,(H,15,16,17);1H. The Kier molecular flexibility index (Phi) is 5.77. The number of amides is 1. The zero-order valence-electron chi connectivity index (χ0n) is 11.3. The molecule has 3 rings (SSSR count). The maximum atomic E-state index is 12.0. The number of thiazole rings is 1. The molecule has 0 saturated carbocycles. The Morgan fingerprint density at radius 3 is 3.00 bits per heavy atom. The predicted octanol–water partition coefficient (Wildman–Crippen LogP) is 1.76. The first-order valence-electron chi connectivity index (χ1n) is 6.95. The fourth-order valence-electron chi connectivity index (χ4n) is 2.50. The number of nitrogens with zero attached hydrogens (tertiary/aromatic N) is 1. The number of rotatable bonds is 2. The van der Waals surface area contributed by atoms with Crippen LogP contribution >= 0.6 is 23.7 Å². The Bertz CT molecular complexity index is 437. The van der Waals surface area contributed by atoms with Crippen LogP contribution in [0, 0.1) is 0 Å². The highest BCUT2D eigenvalue weighted by Crippen LogP contribution is 2.29. The third-order valence-electron chi connectivity index (χ3n) is 3.55. The smallest absolute Gasteiger partial charge is 0.256 e. The van der Waals surface area contributed by atoms with E-state index < -0.39 is 6.10 Å². The maximum absolute atomic E-state index is 12.0. The molecule has 2 N–H and O–H groups in total. The van der Waals surface area contributed by atoms with Crippen molar-refractivity contribution in [1.29, 1.82) is 0 Å². The highest BCUT2D eigenvalue weighted by Gasteiger charge is 2.23. The Morgan fingerprint density at radius 1 is 1.35 bits per heavy atom. The summed E-state index contributed by atoms with van der Waals surface area (Å²) in [5.41, 5.74) is 1.18. The van der Waals surface area contributed by atoms with E-state index in [2.05, 4.69) is 15.6 Å². The van der Waals surface area contributed by atoms with E-state index in [1.165, 1.54) is 29.8 Å². The lowest BCUT2D eigenvalue weighted by Crippen LogP contribution is -2.45. The van der Waals surface area contributed by atoms with Gasteiger partial charge in [-0.3, -0.25) is 10.1 Å². The number of anilines is 1. The topological polar surface area (TPSA) is 63.2 Å². The summed E-state index contributed by atoms with van der Waals surface area (Å²) in [6, 6.07) is 0. The molecule has 2 aliphatic rings. The molecular formula is C13H20ClN3O2S. The van der Waals surface area contributed by atoms with Crippen molar-refractivity contribution in [1.82, 2.24) is 10.3 Å². The van der Waals surface area contributed by atoms with Crippen molar-refractivity contribution in [2.75, 3.05) is 25.0 Å². The van der Waals surface area contributed by atoms with Crippen LogP contribution in [-0.2, 0) is 22.4 Å². The first kappa shape index (κ1) is 15.7. The summed E-state index contributed by atoms with van der Waals surface area (Å²) in [7, 11) is 0. The molecule has 1 unspecified atom stereocenters. The molecule has 7 heteroatoms. The van der Waals surface area contributed by atoms with Gasteiger partial charge in [0, 0.05) is 18.0 Å². The maximum Gasteiger partial charge on any atom is 0.256 e. The first-order valence-corrected chi connectivity index (χ1v) is 7.76. The van der Waals surface area contributed by atoms with Crippen LogP contribution in [0.25, 0.3) is 0 Å². The van der Waals surface area contributed by atoms with Gasteiger partial charge in [0.05, 0.1) is 12.3 Å². The lowest BCUT2D eigenvalue weighted by atomic mass is 10.2. The number of ether oxygens (including phenoxy) is 1. The second kappa shape index (κ2) is 7.36. The summed E-state index contributed by atoms with van der Waals surface area (Å²) >= 11 is 1.62. The zero-order chi connectivity index (χ0) is 13.1. The van der Waals surface area contributed by atoms with Gasteiger partial charge in [-0.2, -0.15) is 0 Å². The van der Waals surface area contributed by atoms with Crippen LogP contribution < -0.4 is 10.6 Å². The third-order valence-corrected chi connectivity index (χ3v) is 4.62. The minimum atomic E-state index is -0.391. The van der Waals surface area contributed by atoms with Crippen LogP contribution in [0.5, 0.6) is 0 Å². The van der Waals surface area contributed by atoms with Gasteiger partial charge in [0.25, 0.3) is 5.91 Å². The Hall–Kier alpha value is -0.690. The average molecular weight is 318 g/mol. The normalized spacial score (nSPS) is 22.3. The van der Waals surface area contributed by atoms with E-state index in [9.17, 15) is 4.79 Å². The zero-order valence-corrected chi connectivity index (χ0v) is 12.9. The summed E-state index contributed by atoms with van der Waals surface area (Å²) in [6.07, 6.45) is 5.48. The molecule has 112 valence electrons. The Balaban J connectivity index is 0.00000147. The van der Waals surface area contributed by atoms with E-state index in [0.717, 1.165) is 24.5 Å². The van der Waals surface area contributed by atoms with Crippen molar-refractivity contribution in [2.45, 2.75) is 38.2 Å². The summed E-state index contributed by atoms with van der Waals surface area (Å²) in [6.45, 7) is 1.98. The predicted molar refractivity (Wildman–Crippen MR) is 81.9 cm³/mol. The van der Waals surface area contributed by atoms with E-state index >= 15 is 0 Å². The molecule has 2 heterocycles. The number of morpholine rings is 1. The van der Waals surface area contributed by atoms with Gasteiger partial charge in [-0.25, -0.2) is 4.98 Å². The minimum absolute atomic E-state index is 0. The first-order chi connectivity index (χ1) is 9.33.